The van der Waals surface area contributed by atoms with Crippen molar-refractivity contribution in [3.8, 4) is 0 Å². The number of furan rings is 1. The number of hydrogen-bond donors (Lipinski definition) is 0. The average Bonchev–Trinajstić information content (AvgIpc) is 3.65. The Balaban J connectivity index is 1.51. The maximum absolute atomic E-state index is 14.9. The van der Waals surface area contributed by atoms with Gasteiger partial charge in [0.15, 0.2) is 5.78 Å². The first-order chi connectivity index (χ1) is 19.2. The fourth-order valence-corrected chi connectivity index (χ4v) is 6.84. The Labute approximate surface area is 236 Å². The number of nitrogens with zero attached hydrogens (tertiary/aromatic N) is 2. The molecule has 2 aliphatic rings. The topological polar surface area (TPSA) is 53.8 Å². The molecule has 204 valence electrons. The van der Waals surface area contributed by atoms with Crippen molar-refractivity contribution in [2.75, 3.05) is 18.5 Å². The molecule has 1 fully saturated rings. The number of rotatable bonds is 6. The molecule has 0 saturated carbocycles. The number of carbonyl (C=O) groups excluding carboxylic acids is 2. The smallest absolute Gasteiger partial charge is 0.253 e. The maximum atomic E-state index is 14.9. The van der Waals surface area contributed by atoms with Gasteiger partial charge in [-0.1, -0.05) is 80.1 Å². The molecule has 3 aromatic carbocycles. The fraction of sp³-hybridized carbons (Fsp3) is 0.314. The van der Waals surface area contributed by atoms with Gasteiger partial charge < -0.3 is 9.32 Å². The molecule has 3 heterocycles. The molecule has 5 nitrogen and oxygen atoms in total. The van der Waals surface area contributed by atoms with E-state index in [0.29, 0.717) is 24.6 Å². The van der Waals surface area contributed by atoms with E-state index >= 15 is 0 Å². The zero-order valence-corrected chi connectivity index (χ0v) is 23.8. The van der Waals surface area contributed by atoms with Crippen LogP contribution < -0.4 is 4.90 Å². The van der Waals surface area contributed by atoms with E-state index in [2.05, 4.69) is 50.8 Å². The highest BCUT2D eigenvalue weighted by atomic mass is 16.3. The van der Waals surface area contributed by atoms with Crippen molar-refractivity contribution < 1.29 is 14.0 Å². The molecule has 3 atom stereocenters. The van der Waals surface area contributed by atoms with Crippen molar-refractivity contribution in [3.63, 3.8) is 0 Å². The van der Waals surface area contributed by atoms with Crippen LogP contribution in [0.15, 0.2) is 89.5 Å². The molecular formula is C35H36N2O3. The van der Waals surface area contributed by atoms with Crippen LogP contribution in [0.25, 0.3) is 0 Å². The Bertz CT molecular complexity index is 1570. The summed E-state index contributed by atoms with van der Waals surface area (Å²) in [7, 11) is 1.97. The number of likely N-dealkylation sites (N-methyl/N-ethyl adjacent to an activating group) is 1. The van der Waals surface area contributed by atoms with Crippen molar-refractivity contribution in [1.29, 1.82) is 0 Å². The highest BCUT2D eigenvalue weighted by molar-refractivity contribution is 6.13. The molecule has 2 aliphatic heterocycles. The molecule has 0 unspecified atom stereocenters. The predicted molar refractivity (Wildman–Crippen MR) is 158 cm³/mol. The average molecular weight is 533 g/mol. The summed E-state index contributed by atoms with van der Waals surface area (Å²) in [6.45, 7) is 9.42. The molecule has 40 heavy (non-hydrogen) atoms. The molecule has 0 N–H and O–H groups in total. The summed E-state index contributed by atoms with van der Waals surface area (Å²) in [5.41, 5.74) is 5.83. The number of fused-ring (bicyclic) bond motifs is 2. The van der Waals surface area contributed by atoms with Crippen molar-refractivity contribution in [2.24, 2.45) is 5.92 Å². The number of hydrogen-bond acceptors (Lipinski definition) is 4. The van der Waals surface area contributed by atoms with Crippen molar-refractivity contribution in [2.45, 2.75) is 51.6 Å². The number of ketones is 1. The summed E-state index contributed by atoms with van der Waals surface area (Å²) in [6, 6.07) is 26.0. The fourth-order valence-electron chi connectivity index (χ4n) is 6.84. The number of benzene rings is 3. The van der Waals surface area contributed by atoms with Crippen LogP contribution in [0, 0.1) is 19.8 Å². The Hall–Kier alpha value is -3.96. The van der Waals surface area contributed by atoms with Crippen molar-refractivity contribution in [1.82, 2.24) is 4.90 Å². The standard InChI is InChI=1S/C35H36N2O3/c1-22(2)25-14-16-26(17-15-25)33(38)32-28(31-11-8-18-40-31)21-36(5)35(32)29-9-6-7-10-30(29)37(34(35)39)20-27-19-23(3)12-13-24(27)4/h6-19,22,28,32H,20-21H2,1-5H3/t28-,32-,35-/m0/s1. The first-order valence-electron chi connectivity index (χ1n) is 14.1. The van der Waals surface area contributed by atoms with Crippen LogP contribution in [-0.4, -0.2) is 30.2 Å². The highest BCUT2D eigenvalue weighted by Gasteiger charge is 2.66. The molecule has 0 bridgehead atoms. The van der Waals surface area contributed by atoms with Crippen molar-refractivity contribution >= 4 is 17.4 Å². The van der Waals surface area contributed by atoms with E-state index in [-0.39, 0.29) is 17.6 Å². The summed E-state index contributed by atoms with van der Waals surface area (Å²) >= 11 is 0. The van der Waals surface area contributed by atoms with E-state index in [1.165, 1.54) is 5.56 Å². The molecule has 4 aromatic rings. The van der Waals surface area contributed by atoms with Gasteiger partial charge >= 0.3 is 0 Å². The number of amides is 1. The van der Waals surface area contributed by atoms with Gasteiger partial charge in [-0.05, 0) is 61.7 Å². The number of likely N-dealkylation sites (tertiary alicyclic amines) is 1. The van der Waals surface area contributed by atoms with Crippen LogP contribution >= 0.6 is 0 Å². The normalized spacial score (nSPS) is 22.4. The van der Waals surface area contributed by atoms with Crippen LogP contribution in [0.5, 0.6) is 0 Å². The minimum absolute atomic E-state index is 0.0298. The van der Waals surface area contributed by atoms with Gasteiger partial charge in [-0.25, -0.2) is 0 Å². The molecule has 1 aromatic heterocycles. The van der Waals surface area contributed by atoms with Crippen LogP contribution in [0.2, 0.25) is 0 Å². The van der Waals surface area contributed by atoms with Crippen LogP contribution in [-0.2, 0) is 16.9 Å². The molecule has 1 saturated heterocycles. The quantitative estimate of drug-likeness (QED) is 0.251. The second-order valence-electron chi connectivity index (χ2n) is 11.7. The lowest BCUT2D eigenvalue weighted by Crippen LogP contribution is -2.53. The summed E-state index contributed by atoms with van der Waals surface area (Å²) < 4.78 is 5.91. The van der Waals surface area contributed by atoms with Gasteiger partial charge in [0.25, 0.3) is 5.91 Å². The Morgan fingerprint density at radius 1 is 1.00 bits per heavy atom. The summed E-state index contributed by atoms with van der Waals surface area (Å²) in [4.78, 5) is 33.5. The molecule has 1 spiro atoms. The first kappa shape index (κ1) is 26.3. The summed E-state index contributed by atoms with van der Waals surface area (Å²) in [6.07, 6.45) is 1.65. The van der Waals surface area contributed by atoms with Gasteiger partial charge in [-0.15, -0.1) is 0 Å². The molecule has 0 aliphatic carbocycles. The molecule has 5 heteroatoms. The van der Waals surface area contributed by atoms with E-state index in [4.69, 9.17) is 4.42 Å². The Kier molecular flexibility index (Phi) is 6.50. The third-order valence-corrected chi connectivity index (χ3v) is 8.99. The van der Waals surface area contributed by atoms with E-state index in [9.17, 15) is 9.59 Å². The van der Waals surface area contributed by atoms with E-state index in [0.717, 1.165) is 33.7 Å². The molecular weight excluding hydrogens is 496 g/mol. The van der Waals surface area contributed by atoms with Gasteiger partial charge in [0, 0.05) is 29.3 Å². The van der Waals surface area contributed by atoms with E-state index < -0.39 is 11.5 Å². The number of Topliss-reactive ketones (excluding diaryl/α,β-unsaturated/α-hetero) is 1. The van der Waals surface area contributed by atoms with Crippen molar-refractivity contribution in [3.05, 3.63) is 124 Å². The number of aryl methyl sites for hydroxylation is 2. The monoisotopic (exact) mass is 532 g/mol. The van der Waals surface area contributed by atoms with Crippen LogP contribution in [0.4, 0.5) is 5.69 Å². The molecule has 1 amide bonds. The van der Waals surface area contributed by atoms with Crippen LogP contribution in [0.1, 0.15) is 69.6 Å². The molecule has 0 radical (unpaired) electrons. The minimum Gasteiger partial charge on any atom is -0.469 e. The van der Waals surface area contributed by atoms with Gasteiger partial charge in [0.1, 0.15) is 11.3 Å². The summed E-state index contributed by atoms with van der Waals surface area (Å²) in [5, 5.41) is 0. The Morgan fingerprint density at radius 3 is 2.45 bits per heavy atom. The lowest BCUT2D eigenvalue weighted by molar-refractivity contribution is -0.129. The number of para-hydroxylation sites is 1. The maximum Gasteiger partial charge on any atom is 0.253 e. The predicted octanol–water partition coefficient (Wildman–Crippen LogP) is 6.99. The lowest BCUT2D eigenvalue weighted by Gasteiger charge is -2.36. The highest BCUT2D eigenvalue weighted by Crippen LogP contribution is 2.57. The molecule has 6 rings (SSSR count). The third-order valence-electron chi connectivity index (χ3n) is 8.99. The SMILES string of the molecule is Cc1ccc(C)c(CN2C(=O)[C@]3(c4ccccc42)[C@H](C(=O)c2ccc(C(C)C)cc2)[C@H](c2ccco2)CN3C)c1. The first-order valence-corrected chi connectivity index (χ1v) is 14.1. The zero-order chi connectivity index (χ0) is 28.2. The second kappa shape index (κ2) is 9.90. The minimum atomic E-state index is -1.14. The Morgan fingerprint density at radius 2 is 1.75 bits per heavy atom. The summed E-state index contributed by atoms with van der Waals surface area (Å²) in [5.74, 6) is 0.104. The van der Waals surface area contributed by atoms with Crippen LogP contribution in [0.3, 0.4) is 0 Å². The van der Waals surface area contributed by atoms with E-state index in [1.54, 1.807) is 6.26 Å². The number of anilines is 1. The third kappa shape index (κ3) is 3.95. The van der Waals surface area contributed by atoms with Gasteiger partial charge in [-0.3, -0.25) is 14.5 Å². The second-order valence-corrected chi connectivity index (χ2v) is 11.7. The van der Waals surface area contributed by atoms with Gasteiger partial charge in [-0.2, -0.15) is 0 Å². The van der Waals surface area contributed by atoms with Gasteiger partial charge in [0.05, 0.1) is 18.7 Å². The zero-order valence-electron chi connectivity index (χ0n) is 23.8. The van der Waals surface area contributed by atoms with E-state index in [1.807, 2.05) is 72.6 Å². The largest absolute Gasteiger partial charge is 0.469 e. The van der Waals surface area contributed by atoms with Gasteiger partial charge in [0.2, 0.25) is 0 Å². The number of carbonyl (C=O) groups is 2. The lowest BCUT2D eigenvalue weighted by atomic mass is 9.71.